The molecule has 0 fully saturated rings. The predicted molar refractivity (Wildman–Crippen MR) is 115 cm³/mol. The molecule has 1 N–H and O–H groups in total. The van der Waals surface area contributed by atoms with E-state index in [9.17, 15) is 4.79 Å². The van der Waals surface area contributed by atoms with Gasteiger partial charge in [0.2, 0.25) is 5.17 Å². The van der Waals surface area contributed by atoms with E-state index in [1.54, 1.807) is 31.6 Å². The topological polar surface area (TPSA) is 96.2 Å². The minimum absolute atomic E-state index is 0.0264. The number of thioether (sulfide) groups is 1. The van der Waals surface area contributed by atoms with Crippen LogP contribution in [-0.2, 0) is 4.79 Å². The summed E-state index contributed by atoms with van der Waals surface area (Å²) in [6, 6.07) is 14.8. The molecule has 0 atom stereocenters. The van der Waals surface area contributed by atoms with Crippen LogP contribution in [0.5, 0.6) is 5.75 Å². The molecule has 8 nitrogen and oxygen atoms in total. The summed E-state index contributed by atoms with van der Waals surface area (Å²) in [6.07, 6.45) is 5.09. The van der Waals surface area contributed by atoms with Crippen LogP contribution < -0.4 is 4.74 Å². The molecule has 0 bridgehead atoms. The van der Waals surface area contributed by atoms with Crippen molar-refractivity contribution >= 4 is 39.8 Å². The number of methoxy groups -OCH3 is 1. The number of nitrogens with zero attached hydrogens (tertiary/aromatic N) is 4. The van der Waals surface area contributed by atoms with Crippen LogP contribution in [0.15, 0.2) is 81.1 Å². The van der Waals surface area contributed by atoms with Crippen molar-refractivity contribution in [1.29, 1.82) is 5.41 Å². The van der Waals surface area contributed by atoms with Gasteiger partial charge in [0.15, 0.2) is 16.6 Å². The van der Waals surface area contributed by atoms with Crippen LogP contribution in [0, 0.1) is 5.41 Å². The van der Waals surface area contributed by atoms with Crippen molar-refractivity contribution in [3.05, 3.63) is 78.0 Å². The molecule has 0 spiro atoms. The van der Waals surface area contributed by atoms with Gasteiger partial charge in [-0.05, 0) is 66.4 Å². The Morgan fingerprint density at radius 2 is 2.00 bits per heavy atom. The Morgan fingerprint density at radius 3 is 2.73 bits per heavy atom. The number of hydrazone groups is 1. The fourth-order valence-electron chi connectivity index (χ4n) is 3.13. The number of carbonyl (C=O) groups excluding carboxylic acids is 1. The number of amidine groups is 2. The highest BCUT2D eigenvalue weighted by atomic mass is 32.2. The van der Waals surface area contributed by atoms with Crippen molar-refractivity contribution in [2.45, 2.75) is 0 Å². The van der Waals surface area contributed by atoms with Gasteiger partial charge in [-0.25, -0.2) is 0 Å². The molecule has 0 aliphatic carbocycles. The number of aromatic nitrogens is 1. The minimum Gasteiger partial charge on any atom is -0.497 e. The molecular weight excluding hydrogens is 402 g/mol. The normalized spacial score (nSPS) is 17.2. The zero-order valence-corrected chi connectivity index (χ0v) is 16.6. The average Bonchev–Trinajstić information content (AvgIpc) is 3.51. The number of carbonyl (C=O) groups is 1. The molecule has 0 saturated carbocycles. The number of fused-ring (bicyclic) bond motifs is 1. The van der Waals surface area contributed by atoms with Crippen LogP contribution in [0.1, 0.15) is 11.5 Å². The maximum Gasteiger partial charge on any atom is 0.283 e. The smallest absolute Gasteiger partial charge is 0.283 e. The van der Waals surface area contributed by atoms with Crippen molar-refractivity contribution in [3.63, 3.8) is 0 Å². The number of amides is 1. The van der Waals surface area contributed by atoms with Crippen molar-refractivity contribution in [3.8, 4) is 11.4 Å². The molecule has 3 aromatic rings. The quantitative estimate of drug-likeness (QED) is 0.652. The molecule has 9 heteroatoms. The maximum absolute atomic E-state index is 12.7. The number of aliphatic imine (C=N–C) groups is 1. The van der Waals surface area contributed by atoms with Gasteiger partial charge < -0.3 is 13.7 Å². The third kappa shape index (κ3) is 3.05. The van der Waals surface area contributed by atoms with E-state index in [4.69, 9.17) is 14.6 Å². The Morgan fingerprint density at radius 1 is 1.17 bits per heavy atom. The number of furan rings is 1. The van der Waals surface area contributed by atoms with E-state index in [-0.39, 0.29) is 11.4 Å². The highest BCUT2D eigenvalue weighted by Gasteiger charge is 2.36. The fraction of sp³-hybridized carbons (Fsp3) is 0.0476. The van der Waals surface area contributed by atoms with Crippen molar-refractivity contribution in [2.75, 3.05) is 7.11 Å². The number of ether oxygens (including phenoxy) is 1. The highest BCUT2D eigenvalue weighted by molar-refractivity contribution is 8.27. The molecule has 0 radical (unpaired) electrons. The lowest BCUT2D eigenvalue weighted by Gasteiger charge is -2.20. The Bertz CT molecular complexity index is 1240. The molecule has 0 saturated heterocycles. The van der Waals surface area contributed by atoms with E-state index in [1.807, 2.05) is 47.2 Å². The lowest BCUT2D eigenvalue weighted by Crippen LogP contribution is -2.35. The SMILES string of the molecule is COc1ccc(-n2cccc2/C=C2/C(=N)N3N=C(c4ccco4)SC3=NC2=O)cc1. The van der Waals surface area contributed by atoms with E-state index in [2.05, 4.69) is 10.1 Å². The second-order valence-electron chi connectivity index (χ2n) is 6.40. The number of hydrogen-bond donors (Lipinski definition) is 1. The van der Waals surface area contributed by atoms with Gasteiger partial charge in [0.1, 0.15) is 5.75 Å². The van der Waals surface area contributed by atoms with Gasteiger partial charge in [-0.1, -0.05) is 0 Å². The summed E-state index contributed by atoms with van der Waals surface area (Å²) in [5.41, 5.74) is 1.81. The Labute approximate surface area is 175 Å². The standard InChI is InChI=1S/C21H15N5O3S/c1-28-15-8-6-13(7-9-15)25-10-2-4-14(25)12-16-18(22)26-21(23-19(16)27)30-20(24-26)17-5-3-11-29-17/h2-12,22H,1H3/b16-12-,22-18?. The molecule has 1 amide bonds. The fourth-order valence-corrected chi connectivity index (χ4v) is 3.99. The average molecular weight is 417 g/mol. The van der Waals surface area contributed by atoms with Crippen LogP contribution in [0.2, 0.25) is 0 Å². The molecule has 4 heterocycles. The summed E-state index contributed by atoms with van der Waals surface area (Å²) in [7, 11) is 1.62. The van der Waals surface area contributed by atoms with Crippen molar-refractivity contribution in [2.24, 2.45) is 10.1 Å². The van der Waals surface area contributed by atoms with E-state index in [0.717, 1.165) is 17.1 Å². The van der Waals surface area contributed by atoms with Crippen LogP contribution in [0.3, 0.4) is 0 Å². The Balaban J connectivity index is 1.49. The Kier molecular flexibility index (Phi) is 4.36. The molecule has 1 aromatic carbocycles. The third-order valence-electron chi connectivity index (χ3n) is 4.61. The first-order valence-electron chi connectivity index (χ1n) is 9.00. The number of benzene rings is 1. The second-order valence-corrected chi connectivity index (χ2v) is 7.36. The van der Waals surface area contributed by atoms with E-state index in [1.165, 1.54) is 16.8 Å². The monoisotopic (exact) mass is 417 g/mol. The van der Waals surface area contributed by atoms with E-state index < -0.39 is 5.91 Å². The van der Waals surface area contributed by atoms with Crippen LogP contribution in [0.4, 0.5) is 0 Å². The maximum atomic E-state index is 12.7. The van der Waals surface area contributed by atoms with Gasteiger partial charge in [0.05, 0.1) is 18.9 Å². The van der Waals surface area contributed by atoms with Crippen LogP contribution in [0.25, 0.3) is 11.8 Å². The second kappa shape index (κ2) is 7.20. The zero-order valence-electron chi connectivity index (χ0n) is 15.8. The van der Waals surface area contributed by atoms with Crippen molar-refractivity contribution < 1.29 is 13.9 Å². The highest BCUT2D eigenvalue weighted by Crippen LogP contribution is 2.31. The summed E-state index contributed by atoms with van der Waals surface area (Å²) in [5, 5.41) is 15.2. The molecule has 148 valence electrons. The number of nitrogens with one attached hydrogen (secondary N) is 1. The lowest BCUT2D eigenvalue weighted by molar-refractivity contribution is -0.114. The van der Waals surface area contributed by atoms with Gasteiger partial charge in [0.25, 0.3) is 5.91 Å². The molecule has 2 aromatic heterocycles. The first-order chi connectivity index (χ1) is 14.6. The Hall–Kier alpha value is -3.85. The molecule has 30 heavy (non-hydrogen) atoms. The minimum atomic E-state index is -0.475. The van der Waals surface area contributed by atoms with Gasteiger partial charge in [0, 0.05) is 17.6 Å². The van der Waals surface area contributed by atoms with E-state index in [0.29, 0.717) is 16.0 Å². The molecule has 0 unspecified atom stereocenters. The summed E-state index contributed by atoms with van der Waals surface area (Å²) in [4.78, 5) is 16.8. The molecule has 2 aliphatic rings. The zero-order chi connectivity index (χ0) is 20.7. The van der Waals surface area contributed by atoms with Gasteiger partial charge >= 0.3 is 0 Å². The first kappa shape index (κ1) is 18.2. The van der Waals surface area contributed by atoms with Gasteiger partial charge in [-0.2, -0.15) is 15.1 Å². The van der Waals surface area contributed by atoms with E-state index >= 15 is 0 Å². The lowest BCUT2D eigenvalue weighted by atomic mass is 10.1. The van der Waals surface area contributed by atoms with Crippen molar-refractivity contribution in [1.82, 2.24) is 9.58 Å². The molecular formula is C21H15N5O3S. The molecule has 5 rings (SSSR count). The largest absolute Gasteiger partial charge is 0.497 e. The van der Waals surface area contributed by atoms with Gasteiger partial charge in [-0.3, -0.25) is 10.2 Å². The number of hydrogen-bond acceptors (Lipinski definition) is 6. The third-order valence-corrected chi connectivity index (χ3v) is 5.53. The van der Waals surface area contributed by atoms with Crippen LogP contribution in [-0.4, -0.2) is 38.6 Å². The predicted octanol–water partition coefficient (Wildman–Crippen LogP) is 3.75. The summed E-state index contributed by atoms with van der Waals surface area (Å²) in [6.45, 7) is 0. The number of rotatable bonds is 4. The van der Waals surface area contributed by atoms with Crippen LogP contribution >= 0.6 is 11.8 Å². The van der Waals surface area contributed by atoms with Gasteiger partial charge in [-0.15, -0.1) is 0 Å². The summed E-state index contributed by atoms with van der Waals surface area (Å²) < 4.78 is 12.5. The first-order valence-corrected chi connectivity index (χ1v) is 9.81. The summed E-state index contributed by atoms with van der Waals surface area (Å²) in [5.74, 6) is 0.823. The summed E-state index contributed by atoms with van der Waals surface area (Å²) >= 11 is 1.20. The molecule has 2 aliphatic heterocycles.